The largest absolute Gasteiger partial charge is 0.377 e. The van der Waals surface area contributed by atoms with Gasteiger partial charge in [-0.25, -0.2) is 19.6 Å². The molecule has 6 rings (SSSR count). The molecule has 7 nitrogen and oxygen atoms in total. The molecule has 1 aromatic carbocycles. The fourth-order valence-corrected chi connectivity index (χ4v) is 6.00. The molecule has 0 N–H and O–H groups in total. The van der Waals surface area contributed by atoms with E-state index in [1.165, 1.54) is 34.2 Å². The van der Waals surface area contributed by atoms with E-state index in [1.807, 2.05) is 22.1 Å². The average Bonchev–Trinajstić information content (AvgIpc) is 3.44. The standard InChI is InChI=1S/C23H24N6OS/c1-2-6-16(7-3-1)12-29-21(25-15-27-29)18-13-30-11-10-28(18)22-20-17-8-4-5-9-19(17)31-23(20)26-14-24-22/h1-3,6-7,14-15,18H,4-5,8-13H2. The summed E-state index contributed by atoms with van der Waals surface area (Å²) >= 11 is 1.84. The third-order valence-electron chi connectivity index (χ3n) is 6.25. The van der Waals surface area contributed by atoms with Crippen LogP contribution in [-0.2, 0) is 24.1 Å². The SMILES string of the molecule is c1ccc(Cn2ncnc2C2COCCN2c2ncnc3sc4c(c23)CCCC4)cc1. The van der Waals surface area contributed by atoms with Crippen molar-refractivity contribution in [1.82, 2.24) is 24.7 Å². The molecule has 0 spiro atoms. The number of benzene rings is 1. The summed E-state index contributed by atoms with van der Waals surface area (Å²) in [5, 5.41) is 5.77. The first-order chi connectivity index (χ1) is 15.4. The van der Waals surface area contributed by atoms with Gasteiger partial charge in [0, 0.05) is 11.4 Å². The van der Waals surface area contributed by atoms with Crippen molar-refractivity contribution < 1.29 is 4.74 Å². The number of thiophene rings is 1. The summed E-state index contributed by atoms with van der Waals surface area (Å²) in [7, 11) is 0. The third-order valence-corrected chi connectivity index (χ3v) is 7.45. The van der Waals surface area contributed by atoms with E-state index < -0.39 is 0 Å². The lowest BCUT2D eigenvalue weighted by atomic mass is 9.96. The molecule has 3 aromatic heterocycles. The van der Waals surface area contributed by atoms with Crippen LogP contribution in [0.2, 0.25) is 0 Å². The van der Waals surface area contributed by atoms with E-state index in [2.05, 4.69) is 44.2 Å². The van der Waals surface area contributed by atoms with Crippen molar-refractivity contribution in [3.8, 4) is 0 Å². The number of morpholine rings is 1. The number of rotatable bonds is 4. The van der Waals surface area contributed by atoms with Crippen LogP contribution in [0, 0.1) is 0 Å². The maximum Gasteiger partial charge on any atom is 0.152 e. The Balaban J connectivity index is 1.41. The number of nitrogens with zero attached hydrogens (tertiary/aromatic N) is 6. The van der Waals surface area contributed by atoms with E-state index in [9.17, 15) is 0 Å². The summed E-state index contributed by atoms with van der Waals surface area (Å²) in [6.07, 6.45) is 8.15. The molecule has 4 heterocycles. The van der Waals surface area contributed by atoms with Gasteiger partial charge in [-0.1, -0.05) is 30.3 Å². The third kappa shape index (κ3) is 3.40. The smallest absolute Gasteiger partial charge is 0.152 e. The first kappa shape index (κ1) is 18.9. The zero-order valence-corrected chi connectivity index (χ0v) is 18.1. The Labute approximate surface area is 184 Å². The summed E-state index contributed by atoms with van der Waals surface area (Å²) in [5.41, 5.74) is 2.66. The molecule has 0 radical (unpaired) electrons. The molecule has 0 amide bonds. The lowest BCUT2D eigenvalue weighted by Crippen LogP contribution is -2.41. The first-order valence-electron chi connectivity index (χ1n) is 10.9. The molecule has 0 saturated carbocycles. The predicted molar refractivity (Wildman–Crippen MR) is 121 cm³/mol. The molecule has 2 aliphatic rings. The van der Waals surface area contributed by atoms with Crippen molar-refractivity contribution in [2.75, 3.05) is 24.7 Å². The second-order valence-electron chi connectivity index (χ2n) is 8.13. The van der Waals surface area contributed by atoms with Gasteiger partial charge in [0.25, 0.3) is 0 Å². The van der Waals surface area contributed by atoms with Crippen LogP contribution in [0.4, 0.5) is 5.82 Å². The van der Waals surface area contributed by atoms with Crippen molar-refractivity contribution in [1.29, 1.82) is 0 Å². The molecule has 31 heavy (non-hydrogen) atoms. The van der Waals surface area contributed by atoms with Crippen molar-refractivity contribution in [3.63, 3.8) is 0 Å². The molecule has 8 heteroatoms. The monoisotopic (exact) mass is 432 g/mol. The second kappa shape index (κ2) is 8.01. The highest BCUT2D eigenvalue weighted by atomic mass is 32.1. The molecular weight excluding hydrogens is 408 g/mol. The molecule has 1 aliphatic heterocycles. The number of aromatic nitrogens is 5. The van der Waals surface area contributed by atoms with Gasteiger partial charge in [0.1, 0.15) is 29.3 Å². The molecule has 0 bridgehead atoms. The van der Waals surface area contributed by atoms with Gasteiger partial charge in [0.15, 0.2) is 5.82 Å². The summed E-state index contributed by atoms with van der Waals surface area (Å²) in [5.74, 6) is 1.94. The number of hydrogen-bond acceptors (Lipinski definition) is 7. The Hall–Kier alpha value is -2.84. The molecule has 1 aliphatic carbocycles. The van der Waals surface area contributed by atoms with E-state index in [4.69, 9.17) is 9.72 Å². The van der Waals surface area contributed by atoms with E-state index >= 15 is 0 Å². The molecule has 1 atom stereocenters. The van der Waals surface area contributed by atoms with Crippen LogP contribution in [0.25, 0.3) is 10.2 Å². The maximum atomic E-state index is 5.91. The summed E-state index contributed by atoms with van der Waals surface area (Å²) in [4.78, 5) is 19.0. The minimum atomic E-state index is -0.0304. The summed E-state index contributed by atoms with van der Waals surface area (Å²) < 4.78 is 7.89. The van der Waals surface area contributed by atoms with Gasteiger partial charge in [-0.05, 0) is 36.8 Å². The van der Waals surface area contributed by atoms with Gasteiger partial charge in [-0.2, -0.15) is 5.10 Å². The van der Waals surface area contributed by atoms with Crippen LogP contribution in [0.15, 0.2) is 43.0 Å². The first-order valence-corrected chi connectivity index (χ1v) is 11.7. The summed E-state index contributed by atoms with van der Waals surface area (Å²) in [6.45, 7) is 2.72. The Morgan fingerprint density at radius 2 is 1.94 bits per heavy atom. The average molecular weight is 433 g/mol. The van der Waals surface area contributed by atoms with E-state index in [0.29, 0.717) is 19.8 Å². The van der Waals surface area contributed by atoms with Crippen LogP contribution in [0.1, 0.15) is 40.7 Å². The molecule has 1 saturated heterocycles. The minimum Gasteiger partial charge on any atom is -0.377 e. The van der Waals surface area contributed by atoms with Crippen LogP contribution >= 0.6 is 11.3 Å². The highest BCUT2D eigenvalue weighted by Gasteiger charge is 2.32. The number of fused-ring (bicyclic) bond motifs is 3. The van der Waals surface area contributed by atoms with Crippen LogP contribution in [0.3, 0.4) is 0 Å². The van der Waals surface area contributed by atoms with Crippen molar-refractivity contribution in [3.05, 3.63) is 64.8 Å². The molecule has 1 unspecified atom stereocenters. The Morgan fingerprint density at radius 3 is 2.87 bits per heavy atom. The number of ether oxygens (including phenoxy) is 1. The van der Waals surface area contributed by atoms with Crippen LogP contribution < -0.4 is 4.90 Å². The second-order valence-corrected chi connectivity index (χ2v) is 9.22. The zero-order valence-electron chi connectivity index (χ0n) is 17.3. The normalized spacial score (nSPS) is 19.0. The molecular formula is C23H24N6OS. The lowest BCUT2D eigenvalue weighted by Gasteiger charge is -2.36. The highest BCUT2D eigenvalue weighted by Crippen LogP contribution is 2.41. The fraction of sp³-hybridized carbons (Fsp3) is 0.391. The van der Waals surface area contributed by atoms with Crippen molar-refractivity contribution in [2.45, 2.75) is 38.3 Å². The predicted octanol–water partition coefficient (Wildman–Crippen LogP) is 3.79. The number of hydrogen-bond donors (Lipinski definition) is 0. The van der Waals surface area contributed by atoms with Crippen LogP contribution in [0.5, 0.6) is 0 Å². The van der Waals surface area contributed by atoms with Crippen LogP contribution in [-0.4, -0.2) is 44.5 Å². The van der Waals surface area contributed by atoms with Crippen molar-refractivity contribution in [2.24, 2.45) is 0 Å². The lowest BCUT2D eigenvalue weighted by molar-refractivity contribution is 0.0901. The number of anilines is 1. The Morgan fingerprint density at radius 1 is 1.03 bits per heavy atom. The Bertz CT molecular complexity index is 1200. The molecule has 4 aromatic rings. The van der Waals surface area contributed by atoms with E-state index in [-0.39, 0.29) is 6.04 Å². The maximum absolute atomic E-state index is 5.91. The van der Waals surface area contributed by atoms with Crippen molar-refractivity contribution >= 4 is 27.4 Å². The topological polar surface area (TPSA) is 69.0 Å². The van der Waals surface area contributed by atoms with Gasteiger partial charge in [0.05, 0.1) is 25.1 Å². The number of aryl methyl sites for hydroxylation is 2. The van der Waals surface area contributed by atoms with E-state index in [1.54, 1.807) is 12.7 Å². The van der Waals surface area contributed by atoms with Gasteiger partial charge < -0.3 is 9.64 Å². The van der Waals surface area contributed by atoms with Gasteiger partial charge >= 0.3 is 0 Å². The Kier molecular flexibility index (Phi) is 4.88. The molecule has 158 valence electrons. The highest BCUT2D eigenvalue weighted by molar-refractivity contribution is 7.19. The van der Waals surface area contributed by atoms with E-state index in [0.717, 1.165) is 35.9 Å². The van der Waals surface area contributed by atoms with Gasteiger partial charge in [-0.3, -0.25) is 0 Å². The minimum absolute atomic E-state index is 0.0304. The fourth-order valence-electron chi connectivity index (χ4n) is 4.77. The quantitative estimate of drug-likeness (QED) is 0.489. The van der Waals surface area contributed by atoms with Gasteiger partial charge in [0.2, 0.25) is 0 Å². The summed E-state index contributed by atoms with van der Waals surface area (Å²) in [6, 6.07) is 10.3. The molecule has 1 fully saturated rings. The van der Waals surface area contributed by atoms with Gasteiger partial charge in [-0.15, -0.1) is 11.3 Å². The zero-order chi connectivity index (χ0) is 20.6.